The fourth-order valence-corrected chi connectivity index (χ4v) is 4.62. The van der Waals surface area contributed by atoms with Gasteiger partial charge in [-0.1, -0.05) is 41.9 Å². The molecule has 3 N–H and O–H groups in total. The summed E-state index contributed by atoms with van der Waals surface area (Å²) in [6.45, 7) is 2.37. The Morgan fingerprint density at radius 2 is 1.97 bits per heavy atom. The highest BCUT2D eigenvalue weighted by Crippen LogP contribution is 2.43. The van der Waals surface area contributed by atoms with Gasteiger partial charge in [0.25, 0.3) is 0 Å². The maximum Gasteiger partial charge on any atom is 0.366 e. The van der Waals surface area contributed by atoms with Crippen molar-refractivity contribution in [1.29, 1.82) is 0 Å². The fourth-order valence-electron chi connectivity index (χ4n) is 3.11. The number of aromatic nitrogens is 1. The molecule has 3 rings (SSSR count). The van der Waals surface area contributed by atoms with Gasteiger partial charge in [0, 0.05) is 23.0 Å². The normalized spacial score (nSPS) is 13.3. The predicted octanol–water partition coefficient (Wildman–Crippen LogP) is 4.39. The van der Waals surface area contributed by atoms with E-state index in [-0.39, 0.29) is 18.3 Å². The summed E-state index contributed by atoms with van der Waals surface area (Å²) in [6.07, 6.45) is 0.535. The lowest BCUT2D eigenvalue weighted by atomic mass is 10.1. The topological polar surface area (TPSA) is 104 Å². The van der Waals surface area contributed by atoms with Crippen LogP contribution in [0.25, 0.3) is 10.9 Å². The Bertz CT molecular complexity index is 1070. The van der Waals surface area contributed by atoms with Gasteiger partial charge in [-0.25, -0.2) is 0 Å². The molecule has 0 radical (unpaired) electrons. The maximum absolute atomic E-state index is 11.9. The van der Waals surface area contributed by atoms with Crippen molar-refractivity contribution in [3.05, 3.63) is 64.3 Å². The number of carbonyl (C=O) groups excluding carboxylic acids is 1. The number of nitrogens with zero attached hydrogens (tertiary/aromatic N) is 1. The largest absolute Gasteiger partial charge is 0.369 e. The monoisotopic (exact) mass is 480 g/mol. The van der Waals surface area contributed by atoms with Gasteiger partial charge >= 0.3 is 7.60 Å². The van der Waals surface area contributed by atoms with Crippen LogP contribution >= 0.6 is 23.5 Å². The molecule has 1 amide bonds. The number of halogens is 1. The van der Waals surface area contributed by atoms with Crippen molar-refractivity contribution in [3.8, 4) is 5.75 Å². The lowest BCUT2D eigenvalue weighted by Gasteiger charge is -2.11. The molecule has 0 fully saturated rings. The highest BCUT2D eigenvalue weighted by Gasteiger charge is 2.22. The summed E-state index contributed by atoms with van der Waals surface area (Å²) in [5.41, 5.74) is 8.12. The molecule has 1 unspecified atom stereocenters. The zero-order valence-electron chi connectivity index (χ0n) is 15.9. The van der Waals surface area contributed by atoms with Crippen LogP contribution in [-0.4, -0.2) is 21.5 Å². The van der Waals surface area contributed by atoms with Gasteiger partial charge in [0.1, 0.15) is 0 Å². The molecule has 29 heavy (non-hydrogen) atoms. The second-order valence-corrected chi connectivity index (χ2v) is 9.30. The molecule has 3 aromatic rings. The van der Waals surface area contributed by atoms with Crippen LogP contribution in [0.4, 0.5) is 0 Å². The van der Waals surface area contributed by atoms with Gasteiger partial charge in [-0.15, -0.1) is 0 Å². The number of rotatable bonds is 9. The zero-order valence-corrected chi connectivity index (χ0v) is 18.4. The first-order chi connectivity index (χ1) is 13.8. The van der Waals surface area contributed by atoms with Crippen molar-refractivity contribution >= 4 is 40.3 Å². The molecule has 0 aliphatic heterocycles. The van der Waals surface area contributed by atoms with Crippen LogP contribution in [0, 0.1) is 0 Å². The number of amides is 1. The molecule has 0 spiro atoms. The van der Waals surface area contributed by atoms with E-state index in [2.05, 4.69) is 15.9 Å². The Morgan fingerprint density at radius 1 is 1.24 bits per heavy atom. The SMILES string of the molecule is CCCP(=O)(O)OOc1ccc2c(c1)c(CC(N)=O)c(Br)n2Cc1ccccc1. The first-order valence-electron chi connectivity index (χ1n) is 9.11. The van der Waals surface area contributed by atoms with Crippen molar-refractivity contribution < 1.29 is 23.8 Å². The molecular weight excluding hydrogens is 459 g/mol. The molecule has 1 atom stereocenters. The van der Waals surface area contributed by atoms with Crippen molar-refractivity contribution in [3.63, 3.8) is 0 Å². The summed E-state index contributed by atoms with van der Waals surface area (Å²) in [7, 11) is -3.81. The average Bonchev–Trinajstić information content (AvgIpc) is 2.92. The third-order valence-corrected chi connectivity index (χ3v) is 6.59. The van der Waals surface area contributed by atoms with Crippen molar-refractivity contribution in [1.82, 2.24) is 4.57 Å². The zero-order chi connectivity index (χ0) is 21.0. The van der Waals surface area contributed by atoms with Crippen LogP contribution in [0.2, 0.25) is 0 Å². The van der Waals surface area contributed by atoms with Crippen LogP contribution in [0.1, 0.15) is 24.5 Å². The highest BCUT2D eigenvalue weighted by atomic mass is 79.9. The van der Waals surface area contributed by atoms with E-state index in [9.17, 15) is 14.3 Å². The summed E-state index contributed by atoms with van der Waals surface area (Å²) in [5, 5.41) is 0.746. The van der Waals surface area contributed by atoms with Gasteiger partial charge in [-0.2, -0.15) is 0 Å². The number of hydrogen-bond donors (Lipinski definition) is 2. The molecule has 1 aromatic heterocycles. The second-order valence-electron chi connectivity index (χ2n) is 6.68. The Labute approximate surface area is 177 Å². The molecular formula is C20H22BrN2O5P. The molecule has 154 valence electrons. The molecule has 7 nitrogen and oxygen atoms in total. The van der Waals surface area contributed by atoms with Crippen molar-refractivity contribution in [2.24, 2.45) is 5.73 Å². The number of hydrogen-bond acceptors (Lipinski definition) is 4. The number of benzene rings is 2. The molecule has 0 saturated carbocycles. The number of primary amides is 1. The van der Waals surface area contributed by atoms with E-state index in [1.54, 1.807) is 19.1 Å². The fraction of sp³-hybridized carbons (Fsp3) is 0.250. The van der Waals surface area contributed by atoms with Gasteiger partial charge in [-0.3, -0.25) is 9.36 Å². The summed E-state index contributed by atoms with van der Waals surface area (Å²) >= 11 is 3.60. The first kappa shape index (κ1) is 21.6. The van der Waals surface area contributed by atoms with Crippen LogP contribution in [0.15, 0.2) is 53.1 Å². The summed E-state index contributed by atoms with van der Waals surface area (Å²) in [5.74, 6) is -0.201. The average molecular weight is 481 g/mol. The van der Waals surface area contributed by atoms with Crippen molar-refractivity contribution in [2.45, 2.75) is 26.3 Å². The minimum Gasteiger partial charge on any atom is -0.369 e. The number of carbonyl (C=O) groups is 1. The standard InChI is InChI=1S/C20H22BrN2O5P/c1-2-10-29(25,26)28-27-15-8-9-18-16(11-15)17(12-19(22)24)20(21)23(18)13-14-6-4-3-5-7-14/h3-9,11H,2,10,12-13H2,1H3,(H2,22,24)(H,25,26). The first-order valence-corrected chi connectivity index (χ1v) is 11.7. The minimum absolute atomic E-state index is 0.00116. The third-order valence-electron chi connectivity index (χ3n) is 4.36. The number of nitrogens with two attached hydrogens (primary N) is 1. The lowest BCUT2D eigenvalue weighted by molar-refractivity contribution is -0.117. The molecule has 0 saturated heterocycles. The van der Waals surface area contributed by atoms with Gasteiger partial charge in [0.2, 0.25) is 5.91 Å². The van der Waals surface area contributed by atoms with E-state index < -0.39 is 13.5 Å². The molecule has 0 aliphatic rings. The van der Waals surface area contributed by atoms with Crippen LogP contribution in [0.3, 0.4) is 0 Å². The number of fused-ring (bicyclic) bond motifs is 1. The molecule has 0 aliphatic carbocycles. The summed E-state index contributed by atoms with van der Waals surface area (Å²) in [6, 6.07) is 15.1. The van der Waals surface area contributed by atoms with Crippen molar-refractivity contribution in [2.75, 3.05) is 6.16 Å². The van der Waals surface area contributed by atoms with E-state index in [0.717, 1.165) is 26.6 Å². The minimum atomic E-state index is -3.81. The molecule has 0 bridgehead atoms. The predicted molar refractivity (Wildman–Crippen MR) is 115 cm³/mol. The van der Waals surface area contributed by atoms with Crippen LogP contribution in [0.5, 0.6) is 5.75 Å². The van der Waals surface area contributed by atoms with E-state index in [1.807, 2.05) is 41.0 Å². The molecule has 1 heterocycles. The molecule has 2 aromatic carbocycles. The Balaban J connectivity index is 1.99. The van der Waals surface area contributed by atoms with E-state index >= 15 is 0 Å². The van der Waals surface area contributed by atoms with Crippen LogP contribution in [-0.2, 0) is 27.0 Å². The maximum atomic E-state index is 11.9. The Hall–Kier alpha value is -2.12. The van der Waals surface area contributed by atoms with Gasteiger partial charge in [0.15, 0.2) is 5.75 Å². The Morgan fingerprint density at radius 3 is 2.62 bits per heavy atom. The van der Waals surface area contributed by atoms with Gasteiger partial charge in [0.05, 0.1) is 17.2 Å². The van der Waals surface area contributed by atoms with Gasteiger partial charge < -0.3 is 20.1 Å². The Kier molecular flexibility index (Phi) is 6.80. The summed E-state index contributed by atoms with van der Waals surface area (Å²) in [4.78, 5) is 26.4. The van der Waals surface area contributed by atoms with Gasteiger partial charge in [-0.05, 0) is 46.1 Å². The highest BCUT2D eigenvalue weighted by molar-refractivity contribution is 9.10. The smallest absolute Gasteiger partial charge is 0.366 e. The van der Waals surface area contributed by atoms with Crippen LogP contribution < -0.4 is 10.6 Å². The second kappa shape index (κ2) is 9.13. The quantitative estimate of drug-likeness (QED) is 0.268. The third kappa shape index (κ3) is 5.28. The lowest BCUT2D eigenvalue weighted by Crippen LogP contribution is -2.14. The van der Waals surface area contributed by atoms with E-state index in [4.69, 9.17) is 15.3 Å². The summed E-state index contributed by atoms with van der Waals surface area (Å²) < 4.78 is 19.4. The molecule has 9 heteroatoms. The van der Waals surface area contributed by atoms with E-state index in [0.29, 0.717) is 13.0 Å². The van der Waals surface area contributed by atoms with E-state index in [1.165, 1.54) is 0 Å².